The molecular formula is C10H11ClO2S. The molecule has 0 amide bonds. The van der Waals surface area contributed by atoms with Crippen molar-refractivity contribution in [3.63, 3.8) is 0 Å². The fraction of sp³-hybridized carbons (Fsp3) is 0.300. The van der Waals surface area contributed by atoms with Gasteiger partial charge in [-0.1, -0.05) is 11.6 Å². The maximum absolute atomic E-state index is 11.0. The number of halogens is 1. The van der Waals surface area contributed by atoms with Gasteiger partial charge in [0.15, 0.2) is 0 Å². The smallest absolute Gasteiger partial charge is 0.316 e. The van der Waals surface area contributed by atoms with Gasteiger partial charge in [0.25, 0.3) is 0 Å². The van der Waals surface area contributed by atoms with Gasteiger partial charge in [0.2, 0.25) is 0 Å². The van der Waals surface area contributed by atoms with Crippen molar-refractivity contribution in [2.45, 2.75) is 11.8 Å². The van der Waals surface area contributed by atoms with Crippen molar-refractivity contribution >= 4 is 29.3 Å². The van der Waals surface area contributed by atoms with Crippen LogP contribution in [0.25, 0.3) is 0 Å². The Balaban J connectivity index is 2.38. The molecule has 76 valence electrons. The zero-order chi connectivity index (χ0) is 10.4. The van der Waals surface area contributed by atoms with Gasteiger partial charge in [0.05, 0.1) is 12.4 Å². The molecule has 4 heteroatoms. The van der Waals surface area contributed by atoms with Crippen LogP contribution in [-0.4, -0.2) is 18.3 Å². The Morgan fingerprint density at radius 3 is 2.64 bits per heavy atom. The van der Waals surface area contributed by atoms with Crippen LogP contribution < -0.4 is 0 Å². The minimum absolute atomic E-state index is 0.188. The molecule has 1 aromatic carbocycles. The van der Waals surface area contributed by atoms with Gasteiger partial charge in [-0.3, -0.25) is 4.79 Å². The Hall–Kier alpha value is -0.670. The Morgan fingerprint density at radius 2 is 2.07 bits per heavy atom. The van der Waals surface area contributed by atoms with Gasteiger partial charge in [0.1, 0.15) is 0 Å². The Morgan fingerprint density at radius 1 is 1.43 bits per heavy atom. The summed E-state index contributed by atoms with van der Waals surface area (Å²) in [6.07, 6.45) is 0. The lowest BCUT2D eigenvalue weighted by atomic mass is 10.4. The number of hydrogen-bond acceptors (Lipinski definition) is 3. The highest BCUT2D eigenvalue weighted by molar-refractivity contribution is 8.00. The summed E-state index contributed by atoms with van der Waals surface area (Å²) in [5.74, 6) is 0.155. The lowest BCUT2D eigenvalue weighted by Gasteiger charge is -2.01. The van der Waals surface area contributed by atoms with Crippen LogP contribution >= 0.6 is 23.4 Å². The third-order valence-electron chi connectivity index (χ3n) is 1.48. The molecule has 0 unspecified atom stereocenters. The number of ether oxygens (including phenoxy) is 1. The minimum Gasteiger partial charge on any atom is -0.465 e. The van der Waals surface area contributed by atoms with E-state index < -0.39 is 0 Å². The first-order chi connectivity index (χ1) is 6.72. The second-order valence-corrected chi connectivity index (χ2v) is 4.03. The van der Waals surface area contributed by atoms with Crippen molar-refractivity contribution in [3.8, 4) is 0 Å². The van der Waals surface area contributed by atoms with Crippen LogP contribution in [0.15, 0.2) is 29.2 Å². The summed E-state index contributed by atoms with van der Waals surface area (Å²) in [5, 5.41) is 0.700. The van der Waals surface area contributed by atoms with Gasteiger partial charge in [0, 0.05) is 9.92 Å². The van der Waals surface area contributed by atoms with Crippen molar-refractivity contribution < 1.29 is 9.53 Å². The number of carbonyl (C=O) groups excluding carboxylic acids is 1. The molecular weight excluding hydrogens is 220 g/mol. The van der Waals surface area contributed by atoms with Crippen molar-refractivity contribution in [3.05, 3.63) is 29.3 Å². The molecule has 1 rings (SSSR count). The standard InChI is InChI=1S/C10H11ClO2S/c1-2-13-10(12)7-14-9-5-3-8(11)4-6-9/h3-6H,2,7H2,1H3. The molecule has 0 radical (unpaired) electrons. The molecule has 0 aliphatic heterocycles. The van der Waals surface area contributed by atoms with E-state index >= 15 is 0 Å². The Bertz CT molecular complexity index is 297. The quantitative estimate of drug-likeness (QED) is 0.588. The summed E-state index contributed by atoms with van der Waals surface area (Å²) in [6.45, 7) is 2.23. The van der Waals surface area contributed by atoms with E-state index in [1.165, 1.54) is 11.8 Å². The Labute approximate surface area is 92.6 Å². The number of carbonyl (C=O) groups is 1. The highest BCUT2D eigenvalue weighted by Crippen LogP contribution is 2.20. The van der Waals surface area contributed by atoms with Gasteiger partial charge in [-0.15, -0.1) is 11.8 Å². The van der Waals surface area contributed by atoms with E-state index in [4.69, 9.17) is 16.3 Å². The molecule has 0 N–H and O–H groups in total. The first-order valence-corrected chi connectivity index (χ1v) is 5.62. The van der Waals surface area contributed by atoms with Crippen LogP contribution in [0.5, 0.6) is 0 Å². The summed E-state index contributed by atoms with van der Waals surface area (Å²) in [4.78, 5) is 12.0. The molecule has 0 aliphatic carbocycles. The Kier molecular flexibility index (Phi) is 4.84. The van der Waals surface area contributed by atoms with Crippen molar-refractivity contribution in [1.82, 2.24) is 0 Å². The largest absolute Gasteiger partial charge is 0.465 e. The zero-order valence-electron chi connectivity index (χ0n) is 7.83. The highest BCUT2D eigenvalue weighted by Gasteiger charge is 2.02. The fourth-order valence-electron chi connectivity index (χ4n) is 0.876. The van der Waals surface area contributed by atoms with Gasteiger partial charge in [-0.05, 0) is 31.2 Å². The predicted molar refractivity (Wildman–Crippen MR) is 58.8 cm³/mol. The summed E-state index contributed by atoms with van der Waals surface area (Å²) >= 11 is 7.17. The molecule has 0 aliphatic rings. The monoisotopic (exact) mass is 230 g/mol. The number of esters is 1. The molecule has 0 saturated carbocycles. The van der Waals surface area contributed by atoms with Crippen LogP contribution in [0.2, 0.25) is 5.02 Å². The minimum atomic E-state index is -0.188. The third-order valence-corrected chi connectivity index (χ3v) is 2.71. The van der Waals surface area contributed by atoms with Crippen molar-refractivity contribution in [2.24, 2.45) is 0 Å². The molecule has 14 heavy (non-hydrogen) atoms. The third kappa shape index (κ3) is 4.03. The summed E-state index contributed by atoms with van der Waals surface area (Å²) < 4.78 is 4.80. The molecule has 0 atom stereocenters. The summed E-state index contributed by atoms with van der Waals surface area (Å²) in [5.41, 5.74) is 0. The first-order valence-electron chi connectivity index (χ1n) is 4.26. The lowest BCUT2D eigenvalue weighted by Crippen LogP contribution is -2.06. The van der Waals surface area contributed by atoms with Crippen molar-refractivity contribution in [1.29, 1.82) is 0 Å². The van der Waals surface area contributed by atoms with Gasteiger partial charge in [-0.25, -0.2) is 0 Å². The molecule has 0 aromatic heterocycles. The van der Waals surface area contributed by atoms with E-state index in [9.17, 15) is 4.79 Å². The molecule has 0 fully saturated rings. The van der Waals surface area contributed by atoms with Gasteiger partial charge in [-0.2, -0.15) is 0 Å². The summed E-state index contributed by atoms with van der Waals surface area (Å²) in [6, 6.07) is 7.36. The lowest BCUT2D eigenvalue weighted by molar-refractivity contribution is -0.139. The molecule has 2 nitrogen and oxygen atoms in total. The van der Waals surface area contributed by atoms with Crippen LogP contribution in [0.4, 0.5) is 0 Å². The van der Waals surface area contributed by atoms with Gasteiger partial charge < -0.3 is 4.74 Å². The van der Waals surface area contributed by atoms with Crippen molar-refractivity contribution in [2.75, 3.05) is 12.4 Å². The average Bonchev–Trinajstić information content (AvgIpc) is 2.17. The SMILES string of the molecule is CCOC(=O)CSc1ccc(Cl)cc1. The van der Waals surface area contributed by atoms with E-state index in [0.717, 1.165) is 4.90 Å². The highest BCUT2D eigenvalue weighted by atomic mass is 35.5. The van der Waals surface area contributed by atoms with Crippen LogP contribution in [-0.2, 0) is 9.53 Å². The second kappa shape index (κ2) is 5.94. The normalized spacial score (nSPS) is 9.86. The van der Waals surface area contributed by atoms with E-state index in [-0.39, 0.29) is 5.97 Å². The van der Waals surface area contributed by atoms with Crippen LogP contribution in [0.3, 0.4) is 0 Å². The predicted octanol–water partition coefficient (Wildman–Crippen LogP) is 3.00. The number of hydrogen-bond donors (Lipinski definition) is 0. The summed E-state index contributed by atoms with van der Waals surface area (Å²) in [7, 11) is 0. The van der Waals surface area contributed by atoms with E-state index in [2.05, 4.69) is 0 Å². The number of thioether (sulfide) groups is 1. The van der Waals surface area contributed by atoms with E-state index in [1.54, 1.807) is 19.1 Å². The van der Waals surface area contributed by atoms with Crippen LogP contribution in [0, 0.1) is 0 Å². The maximum atomic E-state index is 11.0. The number of benzene rings is 1. The fourth-order valence-corrected chi connectivity index (χ4v) is 1.70. The number of rotatable bonds is 4. The average molecular weight is 231 g/mol. The molecule has 1 aromatic rings. The van der Waals surface area contributed by atoms with Gasteiger partial charge >= 0.3 is 5.97 Å². The zero-order valence-corrected chi connectivity index (χ0v) is 9.40. The first kappa shape index (κ1) is 11.4. The maximum Gasteiger partial charge on any atom is 0.316 e. The van der Waals surface area contributed by atoms with E-state index in [1.807, 2.05) is 12.1 Å². The molecule has 0 bridgehead atoms. The van der Waals surface area contributed by atoms with E-state index in [0.29, 0.717) is 17.4 Å². The topological polar surface area (TPSA) is 26.3 Å². The molecule has 0 saturated heterocycles. The second-order valence-electron chi connectivity index (χ2n) is 2.55. The molecule has 0 spiro atoms. The van der Waals surface area contributed by atoms with Crippen LogP contribution in [0.1, 0.15) is 6.92 Å². The molecule has 0 heterocycles.